The quantitative estimate of drug-likeness (QED) is 0.759. The Morgan fingerprint density at radius 1 is 1.24 bits per heavy atom. The number of hydrogen-bond donors (Lipinski definition) is 1. The van der Waals surface area contributed by atoms with Crippen LogP contribution in [0.25, 0.3) is 0 Å². The van der Waals surface area contributed by atoms with E-state index in [2.05, 4.69) is 0 Å². The Bertz CT molecular complexity index is 427. The number of nitrogens with two attached hydrogens (primary N) is 1. The zero-order chi connectivity index (χ0) is 15.8. The van der Waals surface area contributed by atoms with Crippen LogP contribution >= 0.6 is 0 Å². The third-order valence-electron chi connectivity index (χ3n) is 3.38. The van der Waals surface area contributed by atoms with Gasteiger partial charge in [-0.1, -0.05) is 12.1 Å². The van der Waals surface area contributed by atoms with Crippen molar-refractivity contribution in [1.82, 2.24) is 0 Å². The first kappa shape index (κ1) is 17.9. The van der Waals surface area contributed by atoms with E-state index < -0.39 is 0 Å². The van der Waals surface area contributed by atoms with Gasteiger partial charge in [-0.2, -0.15) is 0 Å². The number of rotatable bonds is 9. The average molecular weight is 298 g/mol. The van der Waals surface area contributed by atoms with Crippen LogP contribution in [-0.4, -0.2) is 46.1 Å². The Balaban J connectivity index is 3.14. The van der Waals surface area contributed by atoms with E-state index in [4.69, 9.17) is 15.2 Å². The van der Waals surface area contributed by atoms with Gasteiger partial charge in [0, 0.05) is 32.8 Å². The summed E-state index contributed by atoms with van der Waals surface area (Å²) in [5.41, 5.74) is 7.42. The molecule has 0 heterocycles. The zero-order valence-electron chi connectivity index (χ0n) is 13.4. The number of nitrogens with zero attached hydrogens (tertiary/aromatic N) is 1. The average Bonchev–Trinajstić information content (AvgIpc) is 2.41. The van der Waals surface area contributed by atoms with E-state index in [1.807, 2.05) is 24.8 Å². The van der Waals surface area contributed by atoms with Crippen LogP contribution in [0.2, 0.25) is 0 Å². The molecule has 5 heteroatoms. The van der Waals surface area contributed by atoms with Crippen molar-refractivity contribution in [2.75, 3.05) is 38.9 Å². The molecule has 4 nitrogen and oxygen atoms in total. The molecule has 2 unspecified atom stereocenters. The van der Waals surface area contributed by atoms with Gasteiger partial charge in [-0.05, 0) is 31.9 Å². The summed E-state index contributed by atoms with van der Waals surface area (Å²) >= 11 is 0. The van der Waals surface area contributed by atoms with Crippen LogP contribution in [0.1, 0.15) is 19.4 Å². The summed E-state index contributed by atoms with van der Waals surface area (Å²) in [5.74, 6) is -0.229. The van der Waals surface area contributed by atoms with E-state index in [0.29, 0.717) is 31.9 Å². The van der Waals surface area contributed by atoms with Crippen molar-refractivity contribution in [3.05, 3.63) is 29.6 Å². The summed E-state index contributed by atoms with van der Waals surface area (Å²) in [4.78, 5) is 2.00. The number of anilines is 1. The van der Waals surface area contributed by atoms with Crippen molar-refractivity contribution >= 4 is 5.69 Å². The number of ether oxygens (including phenoxy) is 2. The van der Waals surface area contributed by atoms with Crippen molar-refractivity contribution in [3.8, 4) is 0 Å². The molecule has 0 aliphatic heterocycles. The first-order chi connectivity index (χ1) is 10.0. The largest absolute Gasteiger partial charge is 0.383 e. The highest BCUT2D eigenvalue weighted by atomic mass is 19.1. The number of hydrogen-bond acceptors (Lipinski definition) is 4. The van der Waals surface area contributed by atoms with E-state index in [9.17, 15) is 4.39 Å². The van der Waals surface area contributed by atoms with E-state index in [1.165, 1.54) is 6.07 Å². The maximum atomic E-state index is 14.4. The minimum Gasteiger partial charge on any atom is -0.383 e. The SMILES string of the molecule is COCCN(c1c(F)cccc1CC(C)N)C(C)COC. The number of para-hydroxylation sites is 1. The highest BCUT2D eigenvalue weighted by Crippen LogP contribution is 2.27. The summed E-state index contributed by atoms with van der Waals surface area (Å²) in [6.07, 6.45) is 0.635. The molecule has 0 aliphatic rings. The molecule has 0 saturated heterocycles. The molecular formula is C16H27FN2O2. The summed E-state index contributed by atoms with van der Waals surface area (Å²) in [7, 11) is 3.29. The number of halogens is 1. The molecule has 0 saturated carbocycles. The Morgan fingerprint density at radius 3 is 2.52 bits per heavy atom. The number of benzene rings is 1. The van der Waals surface area contributed by atoms with E-state index in [1.54, 1.807) is 20.3 Å². The van der Waals surface area contributed by atoms with Crippen LogP contribution in [0.4, 0.5) is 10.1 Å². The van der Waals surface area contributed by atoms with Gasteiger partial charge in [-0.15, -0.1) is 0 Å². The topological polar surface area (TPSA) is 47.7 Å². The summed E-state index contributed by atoms with van der Waals surface area (Å²) in [5, 5.41) is 0. The van der Waals surface area contributed by atoms with Gasteiger partial charge < -0.3 is 20.1 Å². The molecule has 0 bridgehead atoms. The van der Waals surface area contributed by atoms with Gasteiger partial charge >= 0.3 is 0 Å². The molecule has 1 aromatic rings. The predicted molar refractivity (Wildman–Crippen MR) is 84.3 cm³/mol. The van der Waals surface area contributed by atoms with Gasteiger partial charge in [0.25, 0.3) is 0 Å². The molecule has 2 atom stereocenters. The fourth-order valence-electron chi connectivity index (χ4n) is 2.47. The maximum absolute atomic E-state index is 14.4. The molecule has 21 heavy (non-hydrogen) atoms. The Hall–Kier alpha value is -1.17. The standard InChI is InChI=1S/C16H27FN2O2/c1-12(18)10-14-6-5-7-15(17)16(14)19(8-9-20-3)13(2)11-21-4/h5-7,12-13H,8-11,18H2,1-4H3. The van der Waals surface area contributed by atoms with Crippen molar-refractivity contribution in [1.29, 1.82) is 0 Å². The van der Waals surface area contributed by atoms with Crippen LogP contribution < -0.4 is 10.6 Å². The Kier molecular flexibility index (Phi) is 7.64. The van der Waals surface area contributed by atoms with Gasteiger partial charge in [-0.25, -0.2) is 4.39 Å². The van der Waals surface area contributed by atoms with Crippen LogP contribution in [0, 0.1) is 5.82 Å². The van der Waals surface area contributed by atoms with Gasteiger partial charge in [0.05, 0.1) is 18.9 Å². The lowest BCUT2D eigenvalue weighted by Gasteiger charge is -2.33. The lowest BCUT2D eigenvalue weighted by molar-refractivity contribution is 0.170. The minimum atomic E-state index is -0.229. The predicted octanol–water partition coefficient (Wildman–Crippen LogP) is 2.20. The lowest BCUT2D eigenvalue weighted by atomic mass is 10.0. The second-order valence-corrected chi connectivity index (χ2v) is 5.42. The third-order valence-corrected chi connectivity index (χ3v) is 3.38. The molecule has 120 valence electrons. The zero-order valence-corrected chi connectivity index (χ0v) is 13.4. The van der Waals surface area contributed by atoms with E-state index >= 15 is 0 Å². The Labute approximate surface area is 127 Å². The molecule has 0 spiro atoms. The smallest absolute Gasteiger partial charge is 0.146 e. The van der Waals surface area contributed by atoms with Crippen molar-refractivity contribution in [2.45, 2.75) is 32.4 Å². The van der Waals surface area contributed by atoms with Crippen LogP contribution in [-0.2, 0) is 15.9 Å². The monoisotopic (exact) mass is 298 g/mol. The van der Waals surface area contributed by atoms with E-state index in [-0.39, 0.29) is 17.9 Å². The first-order valence-corrected chi connectivity index (χ1v) is 7.28. The molecule has 0 amide bonds. The van der Waals surface area contributed by atoms with Crippen molar-refractivity contribution < 1.29 is 13.9 Å². The lowest BCUT2D eigenvalue weighted by Crippen LogP contribution is -2.40. The van der Waals surface area contributed by atoms with Crippen molar-refractivity contribution in [2.24, 2.45) is 5.73 Å². The molecule has 0 fully saturated rings. The van der Waals surface area contributed by atoms with Gasteiger partial charge in [0.15, 0.2) is 0 Å². The molecule has 1 aromatic carbocycles. The summed E-state index contributed by atoms with van der Waals surface area (Å²) < 4.78 is 24.8. The molecule has 0 radical (unpaired) electrons. The van der Waals surface area contributed by atoms with Gasteiger partial charge in [-0.3, -0.25) is 0 Å². The molecule has 2 N–H and O–H groups in total. The Morgan fingerprint density at radius 2 is 1.95 bits per heavy atom. The summed E-state index contributed by atoms with van der Waals surface area (Å²) in [6.45, 7) is 5.59. The maximum Gasteiger partial charge on any atom is 0.146 e. The molecule has 1 rings (SSSR count). The summed E-state index contributed by atoms with van der Waals surface area (Å²) in [6, 6.07) is 5.17. The normalized spacial score (nSPS) is 14.0. The van der Waals surface area contributed by atoms with Crippen LogP contribution in [0.15, 0.2) is 18.2 Å². The van der Waals surface area contributed by atoms with Gasteiger partial charge in [0.1, 0.15) is 5.82 Å². The highest BCUT2D eigenvalue weighted by Gasteiger charge is 2.21. The van der Waals surface area contributed by atoms with E-state index in [0.717, 1.165) is 5.56 Å². The second kappa shape index (κ2) is 8.97. The fourth-order valence-corrected chi connectivity index (χ4v) is 2.47. The molecular weight excluding hydrogens is 271 g/mol. The third kappa shape index (κ3) is 5.26. The second-order valence-electron chi connectivity index (χ2n) is 5.42. The molecule has 0 aliphatic carbocycles. The fraction of sp³-hybridized carbons (Fsp3) is 0.625. The minimum absolute atomic E-state index is 0.0208. The van der Waals surface area contributed by atoms with Crippen LogP contribution in [0.5, 0.6) is 0 Å². The first-order valence-electron chi connectivity index (χ1n) is 7.28. The van der Waals surface area contributed by atoms with Crippen molar-refractivity contribution in [3.63, 3.8) is 0 Å². The highest BCUT2D eigenvalue weighted by molar-refractivity contribution is 5.56. The van der Waals surface area contributed by atoms with Gasteiger partial charge in [0.2, 0.25) is 0 Å². The molecule has 0 aromatic heterocycles. The van der Waals surface area contributed by atoms with Crippen LogP contribution in [0.3, 0.4) is 0 Å². The number of methoxy groups -OCH3 is 2.